The second kappa shape index (κ2) is 4.20. The molecular formula is C10H8O2. The maximum Gasteiger partial charge on any atom is 0.193 e. The predicted octanol–water partition coefficient (Wildman–Crippen LogP) is 1.25. The number of carbonyl (C=O) groups is 1. The van der Waals surface area contributed by atoms with Crippen molar-refractivity contribution in [3.05, 3.63) is 29.8 Å². The Morgan fingerprint density at radius 3 is 2.50 bits per heavy atom. The lowest BCUT2D eigenvalue weighted by molar-refractivity contribution is -0.103. The van der Waals surface area contributed by atoms with Crippen LogP contribution in [0.3, 0.4) is 0 Å². The lowest BCUT2D eigenvalue weighted by Crippen LogP contribution is -1.81. The Balaban J connectivity index is 2.84. The molecule has 0 aromatic heterocycles. The third-order valence-electron chi connectivity index (χ3n) is 1.37. The fourth-order valence-corrected chi connectivity index (χ4v) is 0.787. The van der Waals surface area contributed by atoms with E-state index >= 15 is 0 Å². The molecule has 0 unspecified atom stereocenters. The average molecular weight is 160 g/mol. The van der Waals surface area contributed by atoms with Crippen LogP contribution in [-0.4, -0.2) is 13.4 Å². The van der Waals surface area contributed by atoms with E-state index in [-0.39, 0.29) is 0 Å². The summed E-state index contributed by atoms with van der Waals surface area (Å²) in [5.41, 5.74) is 0.808. The summed E-state index contributed by atoms with van der Waals surface area (Å²) in [4.78, 5) is 9.90. The van der Waals surface area contributed by atoms with Gasteiger partial charge in [-0.25, -0.2) is 0 Å². The molecule has 0 amide bonds. The lowest BCUT2D eigenvalue weighted by Gasteiger charge is -1.96. The molecule has 0 bridgehead atoms. The summed E-state index contributed by atoms with van der Waals surface area (Å²) >= 11 is 0. The van der Waals surface area contributed by atoms with Crippen LogP contribution in [0.1, 0.15) is 5.56 Å². The Hall–Kier alpha value is -1.75. The molecule has 0 heterocycles. The van der Waals surface area contributed by atoms with Crippen LogP contribution in [-0.2, 0) is 4.79 Å². The quantitative estimate of drug-likeness (QED) is 0.456. The van der Waals surface area contributed by atoms with E-state index in [9.17, 15) is 4.79 Å². The van der Waals surface area contributed by atoms with Gasteiger partial charge in [-0.15, -0.1) is 0 Å². The zero-order valence-corrected chi connectivity index (χ0v) is 6.70. The van der Waals surface area contributed by atoms with Gasteiger partial charge in [0.1, 0.15) is 5.75 Å². The maximum atomic E-state index is 9.90. The van der Waals surface area contributed by atoms with Crippen LogP contribution in [0.2, 0.25) is 0 Å². The van der Waals surface area contributed by atoms with E-state index in [0.717, 1.165) is 11.3 Å². The van der Waals surface area contributed by atoms with Crippen molar-refractivity contribution >= 4 is 6.29 Å². The van der Waals surface area contributed by atoms with Gasteiger partial charge in [0.2, 0.25) is 0 Å². The van der Waals surface area contributed by atoms with Gasteiger partial charge in [-0.05, 0) is 30.2 Å². The molecule has 0 saturated heterocycles. The molecule has 2 nitrogen and oxygen atoms in total. The highest BCUT2D eigenvalue weighted by Crippen LogP contribution is 2.09. The number of hydrogen-bond acceptors (Lipinski definition) is 2. The molecule has 0 N–H and O–H groups in total. The monoisotopic (exact) mass is 160 g/mol. The molecule has 0 aliphatic carbocycles. The Bertz CT molecular complexity index is 314. The number of methoxy groups -OCH3 is 1. The summed E-state index contributed by atoms with van der Waals surface area (Å²) in [5.74, 6) is 5.79. The van der Waals surface area contributed by atoms with Gasteiger partial charge in [-0.1, -0.05) is 5.92 Å². The molecule has 0 atom stereocenters. The fraction of sp³-hybridized carbons (Fsp3) is 0.100. The summed E-state index contributed by atoms with van der Waals surface area (Å²) in [5, 5.41) is 0. The zero-order valence-electron chi connectivity index (χ0n) is 6.70. The first kappa shape index (κ1) is 8.35. The molecule has 1 aromatic carbocycles. The minimum absolute atomic E-state index is 0.574. The van der Waals surface area contributed by atoms with Gasteiger partial charge in [-0.3, -0.25) is 4.79 Å². The fourth-order valence-electron chi connectivity index (χ4n) is 0.787. The normalized spacial score (nSPS) is 8.08. The van der Waals surface area contributed by atoms with Crippen LogP contribution in [0.15, 0.2) is 24.3 Å². The van der Waals surface area contributed by atoms with Crippen molar-refractivity contribution in [2.45, 2.75) is 0 Å². The third-order valence-corrected chi connectivity index (χ3v) is 1.37. The summed E-state index contributed by atoms with van der Waals surface area (Å²) in [7, 11) is 1.60. The first-order chi connectivity index (χ1) is 5.86. The Morgan fingerprint density at radius 2 is 2.00 bits per heavy atom. The van der Waals surface area contributed by atoms with Gasteiger partial charge in [-0.2, -0.15) is 0 Å². The smallest absolute Gasteiger partial charge is 0.193 e. The van der Waals surface area contributed by atoms with Crippen LogP contribution in [0.25, 0.3) is 0 Å². The highest BCUT2D eigenvalue weighted by molar-refractivity contribution is 5.73. The standard InChI is InChI=1S/C10H8O2/c1-12-10-6-4-9(5-7-10)3-2-8-11/h4-8H,1H3. The van der Waals surface area contributed by atoms with Gasteiger partial charge >= 0.3 is 0 Å². The van der Waals surface area contributed by atoms with Gasteiger partial charge in [0, 0.05) is 5.56 Å². The SMILES string of the molecule is COc1ccc(C#CC=O)cc1. The van der Waals surface area contributed by atoms with E-state index in [4.69, 9.17) is 4.74 Å². The summed E-state index contributed by atoms with van der Waals surface area (Å²) in [6.07, 6.45) is 0.574. The molecule has 0 aliphatic rings. The van der Waals surface area contributed by atoms with Crippen LogP contribution in [0.5, 0.6) is 5.75 Å². The molecule has 0 saturated carbocycles. The lowest BCUT2D eigenvalue weighted by atomic mass is 10.2. The van der Waals surface area contributed by atoms with Gasteiger partial charge in [0.25, 0.3) is 0 Å². The average Bonchev–Trinajstić information content (AvgIpc) is 2.15. The zero-order chi connectivity index (χ0) is 8.81. The van der Waals surface area contributed by atoms with Crippen LogP contribution in [0.4, 0.5) is 0 Å². The molecule has 12 heavy (non-hydrogen) atoms. The number of carbonyl (C=O) groups excluding carboxylic acids is 1. The van der Waals surface area contributed by atoms with Crippen molar-refractivity contribution in [1.82, 2.24) is 0 Å². The van der Waals surface area contributed by atoms with Crippen molar-refractivity contribution in [3.63, 3.8) is 0 Å². The topological polar surface area (TPSA) is 26.3 Å². The van der Waals surface area contributed by atoms with Gasteiger partial charge in [0.05, 0.1) is 7.11 Å². The Labute approximate surface area is 71.2 Å². The first-order valence-corrected chi connectivity index (χ1v) is 3.46. The maximum absolute atomic E-state index is 9.90. The third kappa shape index (κ3) is 2.14. The predicted molar refractivity (Wildman–Crippen MR) is 45.9 cm³/mol. The summed E-state index contributed by atoms with van der Waals surface area (Å²) in [6, 6.07) is 7.20. The number of rotatable bonds is 1. The van der Waals surface area contributed by atoms with Crippen molar-refractivity contribution < 1.29 is 9.53 Å². The second-order valence-electron chi connectivity index (χ2n) is 2.12. The molecule has 0 radical (unpaired) electrons. The number of ether oxygens (including phenoxy) is 1. The van der Waals surface area contributed by atoms with Crippen molar-refractivity contribution in [2.75, 3.05) is 7.11 Å². The van der Waals surface area contributed by atoms with Gasteiger partial charge < -0.3 is 4.74 Å². The minimum Gasteiger partial charge on any atom is -0.497 e. The number of aldehydes is 1. The van der Waals surface area contributed by atoms with E-state index < -0.39 is 0 Å². The van der Waals surface area contributed by atoms with E-state index in [2.05, 4.69) is 11.8 Å². The molecule has 1 aromatic rings. The van der Waals surface area contributed by atoms with Gasteiger partial charge in [0.15, 0.2) is 6.29 Å². The Morgan fingerprint density at radius 1 is 1.33 bits per heavy atom. The number of benzene rings is 1. The van der Waals surface area contributed by atoms with Crippen molar-refractivity contribution in [3.8, 4) is 17.6 Å². The second-order valence-corrected chi connectivity index (χ2v) is 2.12. The van der Waals surface area contributed by atoms with Crippen LogP contribution >= 0.6 is 0 Å². The highest BCUT2D eigenvalue weighted by atomic mass is 16.5. The van der Waals surface area contributed by atoms with Crippen molar-refractivity contribution in [2.24, 2.45) is 0 Å². The molecule has 1 rings (SSSR count). The van der Waals surface area contributed by atoms with E-state index in [1.165, 1.54) is 0 Å². The molecule has 0 fully saturated rings. The Kier molecular flexibility index (Phi) is 2.92. The molecule has 0 aliphatic heterocycles. The summed E-state index contributed by atoms with van der Waals surface area (Å²) in [6.45, 7) is 0. The molecule has 60 valence electrons. The largest absolute Gasteiger partial charge is 0.497 e. The molecule has 2 heteroatoms. The van der Waals surface area contributed by atoms with E-state index in [1.54, 1.807) is 31.4 Å². The van der Waals surface area contributed by atoms with Crippen LogP contribution < -0.4 is 4.74 Å². The number of hydrogen-bond donors (Lipinski definition) is 0. The molecular weight excluding hydrogens is 152 g/mol. The van der Waals surface area contributed by atoms with Crippen molar-refractivity contribution in [1.29, 1.82) is 0 Å². The minimum atomic E-state index is 0.574. The van der Waals surface area contributed by atoms with E-state index in [1.807, 2.05) is 0 Å². The summed E-state index contributed by atoms with van der Waals surface area (Å²) < 4.78 is 4.96. The first-order valence-electron chi connectivity index (χ1n) is 3.46. The highest BCUT2D eigenvalue weighted by Gasteiger charge is 1.88. The molecule has 0 spiro atoms. The van der Waals surface area contributed by atoms with E-state index in [0.29, 0.717) is 6.29 Å². The van der Waals surface area contributed by atoms with Crippen LogP contribution in [0, 0.1) is 11.8 Å².